The number of hydrogen-bond acceptors (Lipinski definition) is 6. The van der Waals surface area contributed by atoms with E-state index in [2.05, 4.69) is 27.0 Å². The number of nitrogens with zero attached hydrogens (tertiary/aromatic N) is 2. The van der Waals surface area contributed by atoms with E-state index in [1.54, 1.807) is 17.9 Å². The first kappa shape index (κ1) is 34.9. The first-order chi connectivity index (χ1) is 23.6. The van der Waals surface area contributed by atoms with Crippen molar-refractivity contribution in [3.8, 4) is 6.07 Å². The van der Waals surface area contributed by atoms with Crippen LogP contribution in [0.5, 0.6) is 0 Å². The predicted octanol–water partition coefficient (Wildman–Crippen LogP) is 3.96. The van der Waals surface area contributed by atoms with Crippen LogP contribution in [0.1, 0.15) is 94.5 Å². The first-order valence-electron chi connectivity index (χ1n) is 17.9. The minimum absolute atomic E-state index is 0.0100. The molecule has 3 saturated heterocycles. The Kier molecular flexibility index (Phi) is 10.9. The number of rotatable bonds is 10. The highest BCUT2D eigenvalue weighted by Gasteiger charge is 2.47. The van der Waals surface area contributed by atoms with Crippen molar-refractivity contribution in [2.75, 3.05) is 24.6 Å². The molecule has 3 atom stereocenters. The zero-order valence-corrected chi connectivity index (χ0v) is 29.2. The lowest BCUT2D eigenvalue weighted by Crippen LogP contribution is -2.53. The standard InChI is InChI=1S/C37H48N6O5S/c1-24(44)43-15-13-37(14-16-43)22-27(34(46)42-37)21-29(33(45)32(23-38)49-17-7-8-18-49)40-35(47)30(19-25-9-3-2-4-10-25)41-36(48)31-20-26-11-5-6-12-28(26)39-31/h5-6,11-12,20,25,27,29-30,39H,2-4,7-10,13-19,21-22H2,1H3,(H,40,47)(H,41,48)(H,42,46)/t27-,29-,30-/m0/s1. The highest BCUT2D eigenvalue weighted by atomic mass is 32.2. The quantitative estimate of drug-likeness (QED) is 0.276. The summed E-state index contributed by atoms with van der Waals surface area (Å²) in [4.78, 5) is 72.5. The molecule has 2 aromatic rings. The van der Waals surface area contributed by atoms with Crippen molar-refractivity contribution in [3.63, 3.8) is 0 Å². The van der Waals surface area contributed by atoms with Gasteiger partial charge in [-0.05, 0) is 74.5 Å². The van der Waals surface area contributed by atoms with E-state index >= 15 is 0 Å². The van der Waals surface area contributed by atoms with Crippen molar-refractivity contribution < 1.29 is 24.0 Å². The summed E-state index contributed by atoms with van der Waals surface area (Å²) in [7, 11) is -0.477. The number of H-pyrrole nitrogens is 1. The minimum atomic E-state index is -1.07. The first-order valence-corrected chi connectivity index (χ1v) is 19.5. The Hall–Kier alpha value is -3.98. The van der Waals surface area contributed by atoms with Crippen LogP contribution in [0.2, 0.25) is 0 Å². The summed E-state index contributed by atoms with van der Waals surface area (Å²) < 4.78 is 0. The molecule has 11 nitrogen and oxygen atoms in total. The van der Waals surface area contributed by atoms with E-state index in [1.165, 1.54) is 0 Å². The van der Waals surface area contributed by atoms with Gasteiger partial charge in [0.2, 0.25) is 23.5 Å². The lowest BCUT2D eigenvalue weighted by molar-refractivity contribution is -0.130. The van der Waals surface area contributed by atoms with Gasteiger partial charge in [-0.25, -0.2) is 0 Å². The number of hydrogen-bond donors (Lipinski definition) is 4. The molecule has 12 heteroatoms. The smallest absolute Gasteiger partial charge is 0.268 e. The number of piperidine rings is 1. The fraction of sp³-hybridized carbons (Fsp3) is 0.595. The van der Waals surface area contributed by atoms with Crippen molar-refractivity contribution >= 4 is 55.7 Å². The van der Waals surface area contributed by atoms with Crippen LogP contribution in [0, 0.1) is 23.2 Å². The van der Waals surface area contributed by atoms with Gasteiger partial charge in [0, 0.05) is 42.4 Å². The molecule has 0 unspecified atom stereocenters. The van der Waals surface area contributed by atoms with Crippen molar-refractivity contribution in [3.05, 3.63) is 36.0 Å². The molecule has 4 fully saturated rings. The number of ketones is 1. The molecular weight excluding hydrogens is 641 g/mol. The number of nitriles is 1. The largest absolute Gasteiger partial charge is 0.351 e. The molecule has 262 valence electrons. The average Bonchev–Trinajstić information content (AvgIpc) is 3.85. The molecule has 6 rings (SSSR count). The van der Waals surface area contributed by atoms with Gasteiger partial charge in [0.1, 0.15) is 22.7 Å². The Morgan fingerprint density at radius 1 is 1.00 bits per heavy atom. The number of nitrogens with one attached hydrogen (secondary N) is 4. The van der Waals surface area contributed by atoms with Crippen molar-refractivity contribution in [1.82, 2.24) is 25.8 Å². The fourth-order valence-electron chi connectivity index (χ4n) is 8.23. The lowest BCUT2D eigenvalue weighted by Gasteiger charge is -2.39. The Labute approximate surface area is 290 Å². The normalized spacial score (nSPS) is 22.3. The van der Waals surface area contributed by atoms with Crippen LogP contribution in [-0.2, 0) is 19.2 Å². The highest BCUT2D eigenvalue weighted by molar-refractivity contribution is 8.17. The molecule has 0 bridgehead atoms. The molecule has 4 amide bonds. The Bertz CT molecular complexity index is 1640. The van der Waals surface area contributed by atoms with Gasteiger partial charge in [-0.3, -0.25) is 24.0 Å². The zero-order valence-electron chi connectivity index (χ0n) is 28.4. The van der Waals surface area contributed by atoms with Crippen LogP contribution in [0.15, 0.2) is 30.3 Å². The summed E-state index contributed by atoms with van der Waals surface area (Å²) in [5, 5.41) is 20.2. The van der Waals surface area contributed by atoms with Crippen molar-refractivity contribution in [2.45, 2.75) is 102 Å². The predicted molar refractivity (Wildman–Crippen MR) is 190 cm³/mol. The van der Waals surface area contributed by atoms with Crippen molar-refractivity contribution in [1.29, 1.82) is 5.26 Å². The maximum absolute atomic E-state index is 14.2. The Balaban J connectivity index is 1.23. The van der Waals surface area contributed by atoms with Gasteiger partial charge < -0.3 is 25.8 Å². The Morgan fingerprint density at radius 3 is 2.39 bits per heavy atom. The van der Waals surface area contributed by atoms with Crippen LogP contribution in [0.4, 0.5) is 0 Å². The van der Waals surface area contributed by atoms with Crippen LogP contribution in [-0.4, -0.2) is 86.4 Å². The van der Waals surface area contributed by atoms with Gasteiger partial charge >= 0.3 is 0 Å². The summed E-state index contributed by atoms with van der Waals surface area (Å²) in [5.74, 6) is -0.179. The number of carbonyl (C=O) groups excluding carboxylic acids is 5. The van der Waals surface area contributed by atoms with Crippen LogP contribution in [0.25, 0.3) is 10.9 Å². The van der Waals surface area contributed by atoms with Gasteiger partial charge in [0.15, 0.2) is 0 Å². The molecule has 1 spiro atoms. The van der Waals surface area contributed by atoms with Gasteiger partial charge in [0.25, 0.3) is 5.91 Å². The fourth-order valence-corrected chi connectivity index (χ4v) is 10.5. The van der Waals surface area contributed by atoms with E-state index in [1.807, 2.05) is 24.3 Å². The third-order valence-electron chi connectivity index (χ3n) is 11.1. The summed E-state index contributed by atoms with van der Waals surface area (Å²) >= 11 is 0. The average molecular weight is 689 g/mol. The van der Waals surface area contributed by atoms with E-state index in [0.717, 1.165) is 67.4 Å². The molecule has 1 aromatic carbocycles. The summed E-state index contributed by atoms with van der Waals surface area (Å²) in [6.45, 7) is 2.65. The van der Waals surface area contributed by atoms with E-state index in [4.69, 9.17) is 0 Å². The van der Waals surface area contributed by atoms with Crippen LogP contribution in [0.3, 0.4) is 0 Å². The third kappa shape index (κ3) is 8.09. The van der Waals surface area contributed by atoms with Gasteiger partial charge in [-0.1, -0.05) is 50.3 Å². The summed E-state index contributed by atoms with van der Waals surface area (Å²) in [5.41, 5.74) is 0.706. The number of aromatic nitrogens is 1. The number of carbonyl (C=O) groups is 5. The molecule has 1 aliphatic carbocycles. The topological polar surface area (TPSA) is 164 Å². The highest BCUT2D eigenvalue weighted by Crippen LogP contribution is 2.37. The molecular formula is C37H48N6O5S. The second kappa shape index (κ2) is 15.3. The molecule has 49 heavy (non-hydrogen) atoms. The number of amides is 4. The number of aromatic amines is 1. The zero-order chi connectivity index (χ0) is 34.5. The van der Waals surface area contributed by atoms with Crippen molar-refractivity contribution in [2.24, 2.45) is 11.8 Å². The second-order valence-corrected chi connectivity index (χ2v) is 16.6. The molecule has 3 aliphatic heterocycles. The van der Waals surface area contributed by atoms with Gasteiger partial charge in [-0.15, -0.1) is 0 Å². The molecule has 1 aromatic heterocycles. The molecule has 4 heterocycles. The van der Waals surface area contributed by atoms with Gasteiger partial charge in [0.05, 0.1) is 6.04 Å². The van der Waals surface area contributed by atoms with Gasteiger partial charge in [-0.2, -0.15) is 15.7 Å². The lowest BCUT2D eigenvalue weighted by atomic mass is 9.81. The molecule has 4 aliphatic rings. The SMILES string of the molecule is CC(=O)N1CCC2(CC1)C[C@H](C[C@H](NC(=O)[C@H](CC1CCCCC1)NC(=O)c1cc3ccccc3[nH]1)C(=O)C(C#N)=S1CCCC1)C(=O)N2. The van der Waals surface area contributed by atoms with E-state index in [9.17, 15) is 29.2 Å². The Morgan fingerprint density at radius 2 is 1.71 bits per heavy atom. The second-order valence-electron chi connectivity index (χ2n) is 14.4. The monoisotopic (exact) mass is 688 g/mol. The number of benzene rings is 1. The van der Waals surface area contributed by atoms with Crippen LogP contribution >= 0.6 is 10.5 Å². The third-order valence-corrected chi connectivity index (χ3v) is 13.5. The summed E-state index contributed by atoms with van der Waals surface area (Å²) in [6, 6.07) is 9.56. The summed E-state index contributed by atoms with van der Waals surface area (Å²) in [6.07, 6.45) is 9.39. The van der Waals surface area contributed by atoms with E-state index in [0.29, 0.717) is 44.5 Å². The number of para-hydroxylation sites is 1. The maximum Gasteiger partial charge on any atom is 0.268 e. The minimum Gasteiger partial charge on any atom is -0.351 e. The molecule has 1 saturated carbocycles. The molecule has 0 radical (unpaired) electrons. The number of Topliss-reactive ketones (excluding diaryl/α,β-unsaturated/α-hetero) is 1. The maximum atomic E-state index is 14.2. The van der Waals surface area contributed by atoms with Crippen LogP contribution < -0.4 is 16.0 Å². The number of fused-ring (bicyclic) bond motifs is 1. The number of likely N-dealkylation sites (tertiary alicyclic amines) is 1. The van der Waals surface area contributed by atoms with E-state index in [-0.39, 0.29) is 29.0 Å². The van der Waals surface area contributed by atoms with E-state index < -0.39 is 51.6 Å². The molecule has 4 N–H and O–H groups in total.